The molecule has 0 saturated carbocycles. The molecule has 5 heteroatoms. The van der Waals surface area contributed by atoms with Gasteiger partial charge in [0.25, 0.3) is 0 Å². The van der Waals surface area contributed by atoms with Gasteiger partial charge in [-0.15, -0.1) is 0 Å². The Labute approximate surface area is 119 Å². The third-order valence-corrected chi connectivity index (χ3v) is 3.75. The van der Waals surface area contributed by atoms with Crippen LogP contribution in [0.3, 0.4) is 0 Å². The van der Waals surface area contributed by atoms with Gasteiger partial charge in [0.2, 0.25) is 0 Å². The van der Waals surface area contributed by atoms with Crippen LogP contribution >= 0.6 is 31.9 Å². The van der Waals surface area contributed by atoms with Crippen molar-refractivity contribution >= 4 is 31.9 Å². The van der Waals surface area contributed by atoms with Crippen LogP contribution in [-0.4, -0.2) is 24.9 Å². The molecule has 1 atom stereocenters. The number of methoxy groups -OCH3 is 1. The molecular weight excluding hydrogens is 350 g/mol. The lowest BCUT2D eigenvalue weighted by atomic mass is 10.2. The van der Waals surface area contributed by atoms with Gasteiger partial charge in [0, 0.05) is 12.6 Å². The Bertz CT molecular complexity index is 345. The predicted molar refractivity (Wildman–Crippen MR) is 76.4 cm³/mol. The Morgan fingerprint density at radius 2 is 1.94 bits per heavy atom. The van der Waals surface area contributed by atoms with Crippen molar-refractivity contribution in [2.75, 3.05) is 13.7 Å². The van der Waals surface area contributed by atoms with Crippen LogP contribution in [0.1, 0.15) is 18.9 Å². The van der Waals surface area contributed by atoms with Crippen molar-refractivity contribution in [3.8, 4) is 5.75 Å². The monoisotopic (exact) mass is 365 g/mol. The SMILES string of the molecule is CC[C@@H](CO)NCc1cc(Br)c(OC)c(Br)c1. The maximum atomic E-state index is 9.09. The summed E-state index contributed by atoms with van der Waals surface area (Å²) in [5.41, 5.74) is 1.14. The van der Waals surface area contributed by atoms with E-state index in [0.717, 1.165) is 33.2 Å². The molecule has 0 aliphatic heterocycles. The van der Waals surface area contributed by atoms with Gasteiger partial charge >= 0.3 is 0 Å². The second-order valence-corrected chi connectivity index (χ2v) is 5.47. The van der Waals surface area contributed by atoms with Gasteiger partial charge in [-0.05, 0) is 56.0 Å². The average Bonchev–Trinajstić information content (AvgIpc) is 2.30. The fraction of sp³-hybridized carbons (Fsp3) is 0.500. The maximum Gasteiger partial charge on any atom is 0.147 e. The molecule has 0 aliphatic carbocycles. The highest BCUT2D eigenvalue weighted by Crippen LogP contribution is 2.34. The van der Waals surface area contributed by atoms with E-state index in [1.165, 1.54) is 0 Å². The van der Waals surface area contributed by atoms with Crippen LogP contribution in [0.5, 0.6) is 5.75 Å². The molecule has 1 aromatic carbocycles. The van der Waals surface area contributed by atoms with E-state index < -0.39 is 0 Å². The van der Waals surface area contributed by atoms with Crippen molar-refractivity contribution < 1.29 is 9.84 Å². The van der Waals surface area contributed by atoms with Crippen molar-refractivity contribution in [3.05, 3.63) is 26.6 Å². The smallest absolute Gasteiger partial charge is 0.147 e. The van der Waals surface area contributed by atoms with Crippen LogP contribution in [0, 0.1) is 0 Å². The Hall–Kier alpha value is -0.100. The lowest BCUT2D eigenvalue weighted by Gasteiger charge is -2.15. The number of halogens is 2. The Morgan fingerprint density at radius 1 is 1.35 bits per heavy atom. The zero-order chi connectivity index (χ0) is 12.8. The van der Waals surface area contributed by atoms with Crippen molar-refractivity contribution in [1.82, 2.24) is 5.32 Å². The highest BCUT2D eigenvalue weighted by molar-refractivity contribution is 9.11. The van der Waals surface area contributed by atoms with Gasteiger partial charge in [0.15, 0.2) is 0 Å². The first-order valence-corrected chi connectivity index (χ1v) is 7.07. The van der Waals surface area contributed by atoms with Gasteiger partial charge in [-0.1, -0.05) is 6.92 Å². The largest absolute Gasteiger partial charge is 0.494 e. The average molecular weight is 367 g/mol. The second-order valence-electron chi connectivity index (χ2n) is 3.76. The molecule has 2 N–H and O–H groups in total. The van der Waals surface area contributed by atoms with Crippen molar-refractivity contribution in [2.24, 2.45) is 0 Å². The molecule has 0 fully saturated rings. The fourth-order valence-electron chi connectivity index (χ4n) is 1.51. The maximum absolute atomic E-state index is 9.09. The summed E-state index contributed by atoms with van der Waals surface area (Å²) in [5, 5.41) is 12.4. The van der Waals surface area contributed by atoms with Crippen LogP contribution in [-0.2, 0) is 6.54 Å². The molecule has 0 radical (unpaired) electrons. The second kappa shape index (κ2) is 7.36. The summed E-state index contributed by atoms with van der Waals surface area (Å²) < 4.78 is 7.08. The number of aliphatic hydroxyl groups is 1. The van der Waals surface area contributed by atoms with E-state index in [-0.39, 0.29) is 12.6 Å². The van der Waals surface area contributed by atoms with Crippen molar-refractivity contribution in [3.63, 3.8) is 0 Å². The minimum Gasteiger partial charge on any atom is -0.494 e. The van der Waals surface area contributed by atoms with E-state index in [9.17, 15) is 0 Å². The first-order valence-electron chi connectivity index (χ1n) is 5.48. The van der Waals surface area contributed by atoms with Crippen LogP contribution in [0.4, 0.5) is 0 Å². The molecule has 0 amide bonds. The van der Waals surface area contributed by atoms with Crippen LogP contribution in [0.25, 0.3) is 0 Å². The topological polar surface area (TPSA) is 41.5 Å². The number of ether oxygens (including phenoxy) is 1. The summed E-state index contributed by atoms with van der Waals surface area (Å²) in [6.45, 7) is 2.93. The van der Waals surface area contributed by atoms with Gasteiger partial charge in [0.05, 0.1) is 22.7 Å². The van der Waals surface area contributed by atoms with Gasteiger partial charge in [-0.2, -0.15) is 0 Å². The predicted octanol–water partition coefficient (Wildman–Crippen LogP) is 3.08. The Balaban J connectivity index is 2.73. The zero-order valence-electron chi connectivity index (χ0n) is 9.96. The van der Waals surface area contributed by atoms with E-state index >= 15 is 0 Å². The summed E-state index contributed by atoms with van der Waals surface area (Å²) >= 11 is 6.93. The summed E-state index contributed by atoms with van der Waals surface area (Å²) in [7, 11) is 1.64. The number of nitrogens with one attached hydrogen (secondary N) is 1. The number of benzene rings is 1. The lowest BCUT2D eigenvalue weighted by molar-refractivity contribution is 0.238. The van der Waals surface area contributed by atoms with Gasteiger partial charge in [0.1, 0.15) is 5.75 Å². The molecule has 17 heavy (non-hydrogen) atoms. The summed E-state index contributed by atoms with van der Waals surface area (Å²) in [6, 6.07) is 4.18. The molecule has 0 heterocycles. The first-order chi connectivity index (χ1) is 8.12. The highest BCUT2D eigenvalue weighted by Gasteiger charge is 2.09. The van der Waals surface area contributed by atoms with Crippen molar-refractivity contribution in [1.29, 1.82) is 0 Å². The molecule has 0 aromatic heterocycles. The summed E-state index contributed by atoms with van der Waals surface area (Å²) in [6.07, 6.45) is 0.912. The van der Waals surface area contributed by atoms with Crippen LogP contribution in [0.2, 0.25) is 0 Å². The van der Waals surface area contributed by atoms with Gasteiger partial charge in [-0.25, -0.2) is 0 Å². The van der Waals surface area contributed by atoms with E-state index in [1.807, 2.05) is 19.1 Å². The molecule has 0 bridgehead atoms. The third-order valence-electron chi connectivity index (χ3n) is 2.57. The number of rotatable bonds is 6. The number of hydrogen-bond donors (Lipinski definition) is 2. The minimum atomic E-state index is 0.148. The van der Waals surface area contributed by atoms with Crippen molar-refractivity contribution in [2.45, 2.75) is 25.9 Å². The Kier molecular flexibility index (Phi) is 6.48. The summed E-state index contributed by atoms with van der Waals surface area (Å²) in [4.78, 5) is 0. The highest BCUT2D eigenvalue weighted by atomic mass is 79.9. The molecule has 0 unspecified atom stereocenters. The van der Waals surface area contributed by atoms with E-state index in [0.29, 0.717) is 0 Å². The molecular formula is C12H17Br2NO2. The third kappa shape index (κ3) is 4.25. The Morgan fingerprint density at radius 3 is 2.35 bits per heavy atom. The standard InChI is InChI=1S/C12H17Br2NO2/c1-3-9(7-16)15-6-8-4-10(13)12(17-2)11(14)5-8/h4-5,9,15-16H,3,6-7H2,1-2H3/t9-/m0/s1. The summed E-state index contributed by atoms with van der Waals surface area (Å²) in [5.74, 6) is 0.794. The van der Waals surface area contributed by atoms with E-state index in [4.69, 9.17) is 9.84 Å². The van der Waals surface area contributed by atoms with Gasteiger partial charge in [-0.3, -0.25) is 0 Å². The van der Waals surface area contributed by atoms with Crippen LogP contribution in [0.15, 0.2) is 21.1 Å². The molecule has 3 nitrogen and oxygen atoms in total. The fourth-order valence-corrected chi connectivity index (χ4v) is 3.11. The van der Waals surface area contributed by atoms with E-state index in [2.05, 4.69) is 37.2 Å². The number of hydrogen-bond acceptors (Lipinski definition) is 3. The number of aliphatic hydroxyl groups excluding tert-OH is 1. The van der Waals surface area contributed by atoms with E-state index in [1.54, 1.807) is 7.11 Å². The first kappa shape index (κ1) is 15.0. The molecule has 1 rings (SSSR count). The molecule has 96 valence electrons. The zero-order valence-corrected chi connectivity index (χ0v) is 13.1. The normalized spacial score (nSPS) is 12.5. The van der Waals surface area contributed by atoms with Crippen LogP contribution < -0.4 is 10.1 Å². The lowest BCUT2D eigenvalue weighted by Crippen LogP contribution is -2.31. The molecule has 0 aliphatic rings. The molecule has 0 saturated heterocycles. The molecule has 0 spiro atoms. The molecule has 1 aromatic rings. The van der Waals surface area contributed by atoms with Gasteiger partial charge < -0.3 is 15.2 Å². The minimum absolute atomic E-state index is 0.148. The quantitative estimate of drug-likeness (QED) is 0.812.